The first-order chi connectivity index (χ1) is 9.11. The number of nitrogens with zero attached hydrogens (tertiary/aromatic N) is 1. The molecule has 0 aliphatic heterocycles. The molecule has 2 aromatic rings. The topological polar surface area (TPSA) is 42.4 Å². The first-order valence-electron chi connectivity index (χ1n) is 5.71. The second kappa shape index (κ2) is 5.75. The number of pyridine rings is 1. The molecule has 1 unspecified atom stereocenters. The van der Waals surface area contributed by atoms with Gasteiger partial charge in [-0.2, -0.15) is 0 Å². The summed E-state index contributed by atoms with van der Waals surface area (Å²) in [5, 5.41) is 10.1. The molecule has 0 fully saturated rings. The predicted octanol–water partition coefficient (Wildman–Crippen LogP) is 2.64. The standard InChI is InChI=1S/C14H13F2NO2/c1-19-14-8-17-5-4-11(14)13(18)7-9-6-10(15)2-3-12(9)16/h2-6,8,13,18H,7H2,1H3. The van der Waals surface area contributed by atoms with Crippen LogP contribution in [0, 0.1) is 11.6 Å². The SMILES string of the molecule is COc1cnccc1C(O)Cc1cc(F)ccc1F. The maximum atomic E-state index is 13.5. The van der Waals surface area contributed by atoms with Crippen molar-refractivity contribution in [2.24, 2.45) is 0 Å². The predicted molar refractivity (Wildman–Crippen MR) is 65.8 cm³/mol. The highest BCUT2D eigenvalue weighted by molar-refractivity contribution is 5.33. The van der Waals surface area contributed by atoms with E-state index in [-0.39, 0.29) is 12.0 Å². The Labute approximate surface area is 109 Å². The van der Waals surface area contributed by atoms with Crippen LogP contribution in [0.25, 0.3) is 0 Å². The molecule has 1 aromatic heterocycles. The zero-order valence-electron chi connectivity index (χ0n) is 10.3. The van der Waals surface area contributed by atoms with Gasteiger partial charge in [-0.05, 0) is 29.8 Å². The van der Waals surface area contributed by atoms with Gasteiger partial charge in [0.1, 0.15) is 17.4 Å². The van der Waals surface area contributed by atoms with Crippen molar-refractivity contribution in [1.29, 1.82) is 0 Å². The molecule has 1 atom stereocenters. The maximum Gasteiger partial charge on any atom is 0.142 e. The van der Waals surface area contributed by atoms with Crippen LogP contribution < -0.4 is 4.74 Å². The quantitative estimate of drug-likeness (QED) is 0.924. The van der Waals surface area contributed by atoms with Crippen LogP contribution in [-0.2, 0) is 6.42 Å². The summed E-state index contributed by atoms with van der Waals surface area (Å²) in [5.41, 5.74) is 0.604. The lowest BCUT2D eigenvalue weighted by Crippen LogP contribution is -2.06. The fourth-order valence-corrected chi connectivity index (χ4v) is 1.85. The Morgan fingerprint density at radius 1 is 1.32 bits per heavy atom. The van der Waals surface area contributed by atoms with Crippen molar-refractivity contribution in [2.45, 2.75) is 12.5 Å². The minimum Gasteiger partial charge on any atom is -0.495 e. The van der Waals surface area contributed by atoms with Crippen LogP contribution in [0.2, 0.25) is 0 Å². The molecule has 1 heterocycles. The summed E-state index contributed by atoms with van der Waals surface area (Å²) in [6.45, 7) is 0. The van der Waals surface area contributed by atoms with Crippen molar-refractivity contribution in [1.82, 2.24) is 4.98 Å². The van der Waals surface area contributed by atoms with E-state index in [1.165, 1.54) is 19.5 Å². The van der Waals surface area contributed by atoms with Crippen LogP contribution in [-0.4, -0.2) is 17.2 Å². The van der Waals surface area contributed by atoms with E-state index in [1.807, 2.05) is 0 Å². The average molecular weight is 265 g/mol. The molecule has 1 N–H and O–H groups in total. The maximum absolute atomic E-state index is 13.5. The number of aliphatic hydroxyl groups excluding tert-OH is 1. The summed E-state index contributed by atoms with van der Waals surface area (Å²) in [6.07, 6.45) is 1.93. The van der Waals surface area contributed by atoms with Crippen molar-refractivity contribution < 1.29 is 18.6 Å². The molecule has 3 nitrogen and oxygen atoms in total. The van der Waals surface area contributed by atoms with Crippen LogP contribution in [0.5, 0.6) is 5.75 Å². The third-order valence-electron chi connectivity index (χ3n) is 2.82. The Kier molecular flexibility index (Phi) is 4.06. The Balaban J connectivity index is 2.25. The molecule has 19 heavy (non-hydrogen) atoms. The van der Waals surface area contributed by atoms with Gasteiger partial charge < -0.3 is 9.84 Å². The van der Waals surface area contributed by atoms with Gasteiger partial charge in [-0.3, -0.25) is 4.98 Å². The molecule has 0 aliphatic carbocycles. The normalized spacial score (nSPS) is 12.2. The Hall–Kier alpha value is -2.01. The third-order valence-corrected chi connectivity index (χ3v) is 2.82. The highest BCUT2D eigenvalue weighted by atomic mass is 19.1. The smallest absolute Gasteiger partial charge is 0.142 e. The molecule has 0 bridgehead atoms. The third kappa shape index (κ3) is 3.06. The summed E-state index contributed by atoms with van der Waals surface area (Å²) in [5.74, 6) is -0.675. The molecule has 0 amide bonds. The minimum atomic E-state index is -0.991. The summed E-state index contributed by atoms with van der Waals surface area (Å²) in [7, 11) is 1.45. The van der Waals surface area contributed by atoms with E-state index < -0.39 is 17.7 Å². The average Bonchev–Trinajstić information content (AvgIpc) is 2.42. The number of aliphatic hydroxyl groups is 1. The molecule has 0 saturated carbocycles. The van der Waals surface area contributed by atoms with Gasteiger partial charge in [0.2, 0.25) is 0 Å². The van der Waals surface area contributed by atoms with Crippen molar-refractivity contribution >= 4 is 0 Å². The van der Waals surface area contributed by atoms with Crippen LogP contribution in [0.3, 0.4) is 0 Å². The Morgan fingerprint density at radius 2 is 2.11 bits per heavy atom. The van der Waals surface area contributed by atoms with Gasteiger partial charge in [-0.1, -0.05) is 0 Å². The second-order valence-electron chi connectivity index (χ2n) is 4.07. The molecule has 5 heteroatoms. The highest BCUT2D eigenvalue weighted by Crippen LogP contribution is 2.27. The molecule has 0 spiro atoms. The lowest BCUT2D eigenvalue weighted by atomic mass is 10.0. The van der Waals surface area contributed by atoms with E-state index in [0.29, 0.717) is 11.3 Å². The summed E-state index contributed by atoms with van der Waals surface area (Å²) >= 11 is 0. The van der Waals surface area contributed by atoms with Crippen molar-refractivity contribution in [3.63, 3.8) is 0 Å². The van der Waals surface area contributed by atoms with Gasteiger partial charge in [0.15, 0.2) is 0 Å². The molecule has 0 radical (unpaired) electrons. The van der Waals surface area contributed by atoms with Crippen LogP contribution in [0.1, 0.15) is 17.2 Å². The van der Waals surface area contributed by atoms with E-state index in [4.69, 9.17) is 4.74 Å². The van der Waals surface area contributed by atoms with E-state index in [1.54, 1.807) is 6.07 Å². The van der Waals surface area contributed by atoms with Gasteiger partial charge >= 0.3 is 0 Å². The van der Waals surface area contributed by atoms with Crippen LogP contribution >= 0.6 is 0 Å². The zero-order valence-corrected chi connectivity index (χ0v) is 10.3. The molecule has 1 aromatic carbocycles. The largest absolute Gasteiger partial charge is 0.495 e. The molecule has 100 valence electrons. The number of rotatable bonds is 4. The molecule has 0 saturated heterocycles. The number of benzene rings is 1. The van der Waals surface area contributed by atoms with Gasteiger partial charge in [-0.25, -0.2) is 8.78 Å². The molecule has 0 aliphatic rings. The van der Waals surface area contributed by atoms with Crippen molar-refractivity contribution in [3.05, 3.63) is 59.4 Å². The first-order valence-corrected chi connectivity index (χ1v) is 5.71. The van der Waals surface area contributed by atoms with Gasteiger partial charge in [0, 0.05) is 18.2 Å². The van der Waals surface area contributed by atoms with E-state index in [9.17, 15) is 13.9 Å². The lowest BCUT2D eigenvalue weighted by molar-refractivity contribution is 0.172. The molecular formula is C14H13F2NO2. The number of aromatic nitrogens is 1. The van der Waals surface area contributed by atoms with Crippen molar-refractivity contribution in [3.8, 4) is 5.75 Å². The fraction of sp³-hybridized carbons (Fsp3) is 0.214. The lowest BCUT2D eigenvalue weighted by Gasteiger charge is -2.14. The summed E-state index contributed by atoms with van der Waals surface area (Å²) in [6, 6.07) is 4.74. The van der Waals surface area contributed by atoms with Crippen LogP contribution in [0.4, 0.5) is 8.78 Å². The molecular weight excluding hydrogens is 252 g/mol. The second-order valence-corrected chi connectivity index (χ2v) is 4.07. The fourth-order valence-electron chi connectivity index (χ4n) is 1.85. The molecule has 2 rings (SSSR count). The number of hydrogen-bond donors (Lipinski definition) is 1. The van der Waals surface area contributed by atoms with Gasteiger partial charge in [-0.15, -0.1) is 0 Å². The van der Waals surface area contributed by atoms with E-state index >= 15 is 0 Å². The monoisotopic (exact) mass is 265 g/mol. The van der Waals surface area contributed by atoms with Crippen LogP contribution in [0.15, 0.2) is 36.7 Å². The first kappa shape index (κ1) is 13.4. The Bertz CT molecular complexity index is 575. The minimum absolute atomic E-state index is 0.0377. The van der Waals surface area contributed by atoms with E-state index in [0.717, 1.165) is 18.2 Å². The van der Waals surface area contributed by atoms with E-state index in [2.05, 4.69) is 4.98 Å². The number of hydrogen-bond acceptors (Lipinski definition) is 3. The highest BCUT2D eigenvalue weighted by Gasteiger charge is 2.16. The summed E-state index contributed by atoms with van der Waals surface area (Å²) < 4.78 is 31.6. The van der Waals surface area contributed by atoms with Crippen molar-refractivity contribution in [2.75, 3.05) is 7.11 Å². The zero-order chi connectivity index (χ0) is 13.8. The number of ether oxygens (including phenoxy) is 1. The summed E-state index contributed by atoms with van der Waals surface area (Å²) in [4.78, 5) is 3.87. The number of methoxy groups -OCH3 is 1. The Morgan fingerprint density at radius 3 is 2.84 bits per heavy atom. The van der Waals surface area contributed by atoms with Gasteiger partial charge in [0.25, 0.3) is 0 Å². The number of halogens is 2. The van der Waals surface area contributed by atoms with Gasteiger partial charge in [0.05, 0.1) is 19.4 Å².